The molecule has 1 aromatic rings. The van der Waals surface area contributed by atoms with Crippen molar-refractivity contribution < 1.29 is 28.7 Å². The number of benzene rings is 1. The number of hydrogen-bond donors (Lipinski definition) is 0. The molecule has 3 rings (SSSR count). The minimum Gasteiger partial charge on any atom is -0.454 e. The zero-order valence-electron chi connectivity index (χ0n) is 9.75. The Morgan fingerprint density at radius 1 is 1.11 bits per heavy atom. The van der Waals surface area contributed by atoms with Crippen molar-refractivity contribution in [3.05, 3.63) is 23.8 Å². The van der Waals surface area contributed by atoms with Crippen LogP contribution in [0.3, 0.4) is 0 Å². The highest BCUT2D eigenvalue weighted by Gasteiger charge is 2.33. The van der Waals surface area contributed by atoms with E-state index in [0.717, 1.165) is 0 Å². The standard InChI is InChI=1S/C12H9NO6/c14-10-3-4-11(15)13(10)19-12(16)7-1-2-8-9(5-7)18-6-17-8/h1-2,5H,3-4,6H2. The van der Waals surface area contributed by atoms with Crippen molar-refractivity contribution in [2.75, 3.05) is 6.79 Å². The fourth-order valence-electron chi connectivity index (χ4n) is 1.82. The van der Waals surface area contributed by atoms with E-state index in [2.05, 4.69) is 0 Å². The number of rotatable bonds is 2. The number of imide groups is 1. The van der Waals surface area contributed by atoms with E-state index in [1.165, 1.54) is 12.1 Å². The third-order valence-corrected chi connectivity index (χ3v) is 2.79. The lowest BCUT2D eigenvalue weighted by molar-refractivity contribution is -0.172. The monoisotopic (exact) mass is 263 g/mol. The van der Waals surface area contributed by atoms with E-state index in [1.807, 2.05) is 0 Å². The first-order chi connectivity index (χ1) is 9.15. The first kappa shape index (κ1) is 11.5. The maximum atomic E-state index is 11.8. The van der Waals surface area contributed by atoms with Crippen molar-refractivity contribution in [2.24, 2.45) is 0 Å². The summed E-state index contributed by atoms with van der Waals surface area (Å²) in [5.74, 6) is -0.863. The molecule has 2 heterocycles. The highest BCUT2D eigenvalue weighted by atomic mass is 16.7. The van der Waals surface area contributed by atoms with Gasteiger partial charge in [-0.3, -0.25) is 9.59 Å². The zero-order chi connectivity index (χ0) is 13.4. The minimum absolute atomic E-state index is 0.0628. The van der Waals surface area contributed by atoms with Gasteiger partial charge in [0.2, 0.25) is 6.79 Å². The lowest BCUT2D eigenvalue weighted by atomic mass is 10.2. The van der Waals surface area contributed by atoms with Gasteiger partial charge in [-0.15, -0.1) is 5.06 Å². The Kier molecular flexibility index (Phi) is 2.59. The van der Waals surface area contributed by atoms with Gasteiger partial charge in [0.05, 0.1) is 5.56 Å². The van der Waals surface area contributed by atoms with Gasteiger partial charge in [0.1, 0.15) is 0 Å². The smallest absolute Gasteiger partial charge is 0.364 e. The van der Waals surface area contributed by atoms with E-state index in [0.29, 0.717) is 16.6 Å². The molecule has 0 unspecified atom stereocenters. The predicted octanol–water partition coefficient (Wildman–Crippen LogP) is 0.636. The van der Waals surface area contributed by atoms with Crippen LogP contribution in [0.25, 0.3) is 0 Å². The van der Waals surface area contributed by atoms with Crippen LogP contribution in [0, 0.1) is 0 Å². The van der Waals surface area contributed by atoms with E-state index in [9.17, 15) is 14.4 Å². The van der Waals surface area contributed by atoms with Crippen LogP contribution in [0.2, 0.25) is 0 Å². The molecular weight excluding hydrogens is 254 g/mol. The molecule has 0 atom stereocenters. The summed E-state index contributed by atoms with van der Waals surface area (Å²) in [6.07, 6.45) is 0.126. The van der Waals surface area contributed by atoms with E-state index in [-0.39, 0.29) is 25.2 Å². The molecule has 0 aromatic heterocycles. The second-order valence-electron chi connectivity index (χ2n) is 4.03. The molecule has 0 aliphatic carbocycles. The van der Waals surface area contributed by atoms with Gasteiger partial charge < -0.3 is 14.3 Å². The topological polar surface area (TPSA) is 82.1 Å². The molecule has 2 amide bonds. The van der Waals surface area contributed by atoms with Crippen molar-refractivity contribution in [3.63, 3.8) is 0 Å². The average molecular weight is 263 g/mol. The quantitative estimate of drug-likeness (QED) is 0.728. The van der Waals surface area contributed by atoms with Gasteiger partial charge >= 0.3 is 5.97 Å². The predicted molar refractivity (Wildman–Crippen MR) is 59.1 cm³/mol. The summed E-state index contributed by atoms with van der Waals surface area (Å²) >= 11 is 0. The number of ether oxygens (including phenoxy) is 2. The lowest BCUT2D eigenvalue weighted by Gasteiger charge is -2.12. The Balaban J connectivity index is 1.77. The fourth-order valence-corrected chi connectivity index (χ4v) is 1.82. The van der Waals surface area contributed by atoms with Gasteiger partial charge in [-0.1, -0.05) is 0 Å². The van der Waals surface area contributed by atoms with Gasteiger partial charge in [-0.2, -0.15) is 0 Å². The maximum absolute atomic E-state index is 11.8. The zero-order valence-corrected chi connectivity index (χ0v) is 9.75. The molecule has 1 saturated heterocycles. The van der Waals surface area contributed by atoms with Crippen molar-refractivity contribution in [1.82, 2.24) is 5.06 Å². The van der Waals surface area contributed by atoms with Crippen LogP contribution in [-0.4, -0.2) is 29.6 Å². The number of hydroxylamine groups is 2. The summed E-state index contributed by atoms with van der Waals surface area (Å²) in [6.45, 7) is 0.0942. The largest absolute Gasteiger partial charge is 0.454 e. The van der Waals surface area contributed by atoms with E-state index < -0.39 is 17.8 Å². The number of hydrogen-bond acceptors (Lipinski definition) is 6. The summed E-state index contributed by atoms with van der Waals surface area (Å²) in [4.78, 5) is 39.3. The highest BCUT2D eigenvalue weighted by molar-refractivity contribution is 6.02. The normalized spacial score (nSPS) is 16.9. The number of nitrogens with zero attached hydrogens (tertiary/aromatic N) is 1. The molecule has 19 heavy (non-hydrogen) atoms. The van der Waals surface area contributed by atoms with Crippen LogP contribution in [0.4, 0.5) is 0 Å². The second kappa shape index (κ2) is 4.27. The van der Waals surface area contributed by atoms with Crippen LogP contribution in [0.1, 0.15) is 23.2 Å². The van der Waals surface area contributed by atoms with Gasteiger partial charge in [0.25, 0.3) is 11.8 Å². The molecule has 98 valence electrons. The summed E-state index contributed by atoms with van der Waals surface area (Å²) < 4.78 is 10.2. The van der Waals surface area contributed by atoms with E-state index in [4.69, 9.17) is 14.3 Å². The molecule has 0 bridgehead atoms. The van der Waals surface area contributed by atoms with Crippen molar-refractivity contribution >= 4 is 17.8 Å². The Morgan fingerprint density at radius 3 is 2.53 bits per heavy atom. The van der Waals surface area contributed by atoms with Crippen LogP contribution >= 0.6 is 0 Å². The molecule has 0 radical (unpaired) electrons. The number of amides is 2. The summed E-state index contributed by atoms with van der Waals surface area (Å²) in [5.41, 5.74) is 0.178. The first-order valence-corrected chi connectivity index (χ1v) is 5.63. The molecule has 1 fully saturated rings. The molecular formula is C12H9NO6. The van der Waals surface area contributed by atoms with Gasteiger partial charge in [-0.25, -0.2) is 4.79 Å². The fraction of sp³-hybridized carbons (Fsp3) is 0.250. The molecule has 7 heteroatoms. The molecule has 0 N–H and O–H groups in total. The van der Waals surface area contributed by atoms with Gasteiger partial charge in [0, 0.05) is 12.8 Å². The summed E-state index contributed by atoms with van der Waals surface area (Å²) in [5, 5.41) is 0.507. The summed E-state index contributed by atoms with van der Waals surface area (Å²) in [7, 11) is 0. The van der Waals surface area contributed by atoms with Crippen molar-refractivity contribution in [3.8, 4) is 11.5 Å². The third kappa shape index (κ3) is 1.99. The van der Waals surface area contributed by atoms with Gasteiger partial charge in [-0.05, 0) is 18.2 Å². The first-order valence-electron chi connectivity index (χ1n) is 5.63. The maximum Gasteiger partial charge on any atom is 0.364 e. The molecule has 0 spiro atoms. The highest BCUT2D eigenvalue weighted by Crippen LogP contribution is 2.32. The van der Waals surface area contributed by atoms with Crippen molar-refractivity contribution in [2.45, 2.75) is 12.8 Å². The lowest BCUT2D eigenvalue weighted by Crippen LogP contribution is -2.32. The van der Waals surface area contributed by atoms with Crippen molar-refractivity contribution in [1.29, 1.82) is 0 Å². The summed E-state index contributed by atoms with van der Waals surface area (Å²) in [6, 6.07) is 4.48. The molecule has 7 nitrogen and oxygen atoms in total. The van der Waals surface area contributed by atoms with E-state index >= 15 is 0 Å². The molecule has 2 aliphatic rings. The SMILES string of the molecule is O=C(ON1C(=O)CCC1=O)c1ccc2c(c1)OCO2. The van der Waals surface area contributed by atoms with Crippen LogP contribution in [-0.2, 0) is 14.4 Å². The molecule has 0 saturated carbocycles. The Labute approximate surface area is 107 Å². The molecule has 1 aromatic carbocycles. The average Bonchev–Trinajstić information content (AvgIpc) is 2.99. The minimum atomic E-state index is -0.790. The molecule has 2 aliphatic heterocycles. The van der Waals surface area contributed by atoms with Crippen LogP contribution in [0.5, 0.6) is 11.5 Å². The Hall–Kier alpha value is -2.57. The van der Waals surface area contributed by atoms with Crippen LogP contribution in [0.15, 0.2) is 18.2 Å². The number of fused-ring (bicyclic) bond motifs is 1. The Bertz CT molecular complexity index is 566. The van der Waals surface area contributed by atoms with Crippen LogP contribution < -0.4 is 9.47 Å². The van der Waals surface area contributed by atoms with E-state index in [1.54, 1.807) is 6.07 Å². The number of carbonyl (C=O) groups excluding carboxylic acids is 3. The van der Waals surface area contributed by atoms with Gasteiger partial charge in [0.15, 0.2) is 11.5 Å². The Morgan fingerprint density at radius 2 is 1.79 bits per heavy atom. The second-order valence-corrected chi connectivity index (χ2v) is 4.03. The third-order valence-electron chi connectivity index (χ3n) is 2.79. The number of carbonyl (C=O) groups is 3.